The number of hydrogen-bond donors (Lipinski definition) is 2. The first kappa shape index (κ1) is 15.9. The van der Waals surface area contributed by atoms with E-state index in [-0.39, 0.29) is 23.8 Å². The van der Waals surface area contributed by atoms with Crippen molar-refractivity contribution < 1.29 is 4.79 Å². The van der Waals surface area contributed by atoms with Crippen molar-refractivity contribution in [1.29, 1.82) is 0 Å². The van der Waals surface area contributed by atoms with Crippen LogP contribution in [0, 0.1) is 5.92 Å². The summed E-state index contributed by atoms with van der Waals surface area (Å²) in [5.74, 6) is 0.0212. The normalized spacial score (nSPS) is 21.8. The molecule has 23 heavy (non-hydrogen) atoms. The van der Waals surface area contributed by atoms with E-state index in [0.29, 0.717) is 11.7 Å². The number of amides is 1. The van der Waals surface area contributed by atoms with Crippen LogP contribution in [0.2, 0.25) is 5.15 Å². The molecule has 3 rings (SSSR count). The number of carbonyl (C=O) groups is 1. The Morgan fingerprint density at radius 1 is 1.30 bits per heavy atom. The number of halogens is 1. The van der Waals surface area contributed by atoms with Gasteiger partial charge in [-0.1, -0.05) is 23.7 Å². The van der Waals surface area contributed by atoms with Gasteiger partial charge in [-0.15, -0.1) is 0 Å². The number of carbonyl (C=O) groups excluding carboxylic acids is 1. The van der Waals surface area contributed by atoms with Crippen LogP contribution in [0.1, 0.15) is 30.1 Å². The second-order valence-corrected chi connectivity index (χ2v) is 6.16. The summed E-state index contributed by atoms with van der Waals surface area (Å²) in [6.07, 6.45) is 3.49. The maximum atomic E-state index is 12.7. The minimum Gasteiger partial charge on any atom is -0.348 e. The molecule has 3 atom stereocenters. The molecule has 0 aliphatic carbocycles. The van der Waals surface area contributed by atoms with Crippen molar-refractivity contribution >= 4 is 17.5 Å². The summed E-state index contributed by atoms with van der Waals surface area (Å²) >= 11 is 5.84. The Hall–Kier alpha value is -1.98. The molecule has 5 nitrogen and oxygen atoms in total. The van der Waals surface area contributed by atoms with E-state index >= 15 is 0 Å². The highest BCUT2D eigenvalue weighted by atomic mass is 35.5. The molecule has 120 valence electrons. The molecule has 1 aliphatic rings. The van der Waals surface area contributed by atoms with Crippen LogP contribution >= 0.6 is 11.6 Å². The van der Waals surface area contributed by atoms with E-state index in [1.807, 2.05) is 31.2 Å². The topological polar surface area (TPSA) is 66.9 Å². The van der Waals surface area contributed by atoms with Gasteiger partial charge in [0.25, 0.3) is 0 Å². The van der Waals surface area contributed by atoms with Crippen molar-refractivity contribution in [3.63, 3.8) is 0 Å². The van der Waals surface area contributed by atoms with Crippen molar-refractivity contribution in [2.45, 2.75) is 18.9 Å². The van der Waals surface area contributed by atoms with Crippen molar-refractivity contribution in [3.8, 4) is 0 Å². The van der Waals surface area contributed by atoms with Crippen molar-refractivity contribution in [3.05, 3.63) is 59.1 Å². The quantitative estimate of drug-likeness (QED) is 0.844. The van der Waals surface area contributed by atoms with Crippen LogP contribution in [-0.4, -0.2) is 29.0 Å². The zero-order chi connectivity index (χ0) is 16.2. The largest absolute Gasteiger partial charge is 0.348 e. The molecule has 0 radical (unpaired) electrons. The Balaban J connectivity index is 1.69. The van der Waals surface area contributed by atoms with Gasteiger partial charge >= 0.3 is 0 Å². The van der Waals surface area contributed by atoms with Crippen LogP contribution < -0.4 is 10.6 Å². The van der Waals surface area contributed by atoms with Crippen LogP contribution in [-0.2, 0) is 4.79 Å². The molecule has 0 aromatic carbocycles. The first-order valence-corrected chi connectivity index (χ1v) is 8.06. The van der Waals surface area contributed by atoms with E-state index in [2.05, 4.69) is 20.6 Å². The van der Waals surface area contributed by atoms with Gasteiger partial charge in [0.2, 0.25) is 5.91 Å². The first-order chi connectivity index (χ1) is 11.1. The van der Waals surface area contributed by atoms with Gasteiger partial charge in [0.15, 0.2) is 0 Å². The predicted molar refractivity (Wildman–Crippen MR) is 89.1 cm³/mol. The zero-order valence-corrected chi connectivity index (χ0v) is 13.6. The number of nitrogens with one attached hydrogen (secondary N) is 2. The highest BCUT2D eigenvalue weighted by molar-refractivity contribution is 6.29. The van der Waals surface area contributed by atoms with E-state index < -0.39 is 0 Å². The maximum absolute atomic E-state index is 12.7. The van der Waals surface area contributed by atoms with Gasteiger partial charge in [-0.05, 0) is 30.7 Å². The third-order valence-corrected chi connectivity index (χ3v) is 4.44. The summed E-state index contributed by atoms with van der Waals surface area (Å²) in [7, 11) is 0. The fourth-order valence-electron chi connectivity index (χ4n) is 2.94. The first-order valence-electron chi connectivity index (χ1n) is 7.68. The van der Waals surface area contributed by atoms with Gasteiger partial charge in [0, 0.05) is 31.4 Å². The van der Waals surface area contributed by atoms with Gasteiger partial charge in [0.05, 0.1) is 17.7 Å². The molecule has 2 N–H and O–H groups in total. The highest BCUT2D eigenvalue weighted by Crippen LogP contribution is 2.29. The summed E-state index contributed by atoms with van der Waals surface area (Å²) in [4.78, 5) is 21.1. The van der Waals surface area contributed by atoms with Gasteiger partial charge < -0.3 is 10.6 Å². The molecule has 0 unspecified atom stereocenters. The average molecular weight is 331 g/mol. The summed E-state index contributed by atoms with van der Waals surface area (Å²) < 4.78 is 0. The molecule has 0 saturated carbocycles. The van der Waals surface area contributed by atoms with Gasteiger partial charge in [-0.2, -0.15) is 0 Å². The monoisotopic (exact) mass is 330 g/mol. The second kappa shape index (κ2) is 7.06. The molecule has 6 heteroatoms. The van der Waals surface area contributed by atoms with E-state index in [1.165, 1.54) is 0 Å². The number of rotatable bonds is 4. The molecule has 0 spiro atoms. The molecule has 1 aliphatic heterocycles. The lowest BCUT2D eigenvalue weighted by Gasteiger charge is -2.21. The Morgan fingerprint density at radius 3 is 2.87 bits per heavy atom. The Bertz CT molecular complexity index is 662. The summed E-state index contributed by atoms with van der Waals surface area (Å²) in [6.45, 7) is 3.37. The summed E-state index contributed by atoms with van der Waals surface area (Å²) in [5, 5.41) is 6.82. The number of hydrogen-bond acceptors (Lipinski definition) is 4. The van der Waals surface area contributed by atoms with Crippen LogP contribution in [0.4, 0.5) is 0 Å². The smallest absolute Gasteiger partial charge is 0.225 e. The summed E-state index contributed by atoms with van der Waals surface area (Å²) in [6, 6.07) is 9.29. The van der Waals surface area contributed by atoms with Crippen LogP contribution in [0.15, 0.2) is 42.7 Å². The minimum atomic E-state index is -0.121. The fraction of sp³-hybridized carbons (Fsp3) is 0.353. The Kier molecular flexibility index (Phi) is 4.88. The van der Waals surface area contributed by atoms with Gasteiger partial charge in [0.1, 0.15) is 5.15 Å². The molecule has 1 saturated heterocycles. The van der Waals surface area contributed by atoms with Crippen LogP contribution in [0.3, 0.4) is 0 Å². The predicted octanol–water partition coefficient (Wildman–Crippen LogP) is 2.31. The second-order valence-electron chi connectivity index (χ2n) is 5.77. The third-order valence-electron chi connectivity index (χ3n) is 4.22. The lowest BCUT2D eigenvalue weighted by Crippen LogP contribution is -2.36. The lowest BCUT2D eigenvalue weighted by atomic mass is 9.89. The van der Waals surface area contributed by atoms with Crippen molar-refractivity contribution in [2.24, 2.45) is 5.92 Å². The molecule has 2 aromatic heterocycles. The minimum absolute atomic E-state index is 0.0353. The van der Waals surface area contributed by atoms with Gasteiger partial charge in [-0.25, -0.2) is 4.98 Å². The highest BCUT2D eigenvalue weighted by Gasteiger charge is 2.34. The fourth-order valence-corrected chi connectivity index (χ4v) is 3.05. The zero-order valence-electron chi connectivity index (χ0n) is 12.9. The van der Waals surface area contributed by atoms with Crippen molar-refractivity contribution in [2.75, 3.05) is 13.1 Å². The Labute approximate surface area is 140 Å². The summed E-state index contributed by atoms with van der Waals surface area (Å²) in [5.41, 5.74) is 1.89. The lowest BCUT2D eigenvalue weighted by molar-refractivity contribution is -0.125. The maximum Gasteiger partial charge on any atom is 0.225 e. The average Bonchev–Trinajstić information content (AvgIpc) is 3.06. The number of nitrogens with zero attached hydrogens (tertiary/aromatic N) is 2. The molecule has 2 aromatic rings. The van der Waals surface area contributed by atoms with Crippen LogP contribution in [0.5, 0.6) is 0 Å². The van der Waals surface area contributed by atoms with Gasteiger partial charge in [-0.3, -0.25) is 9.78 Å². The number of pyridine rings is 2. The standard InChI is InChI=1S/C17H19ClN4O/c1-11(15-4-2-3-7-20-15)22-17(23)14-10-19-9-13(14)12-5-6-16(18)21-8-12/h2-8,11,13-14,19H,9-10H2,1H3,(H,22,23)/t11-,13-,14+/m0/s1. The molecule has 1 fully saturated rings. The molecule has 1 amide bonds. The molecular weight excluding hydrogens is 312 g/mol. The third kappa shape index (κ3) is 3.68. The molecule has 0 bridgehead atoms. The van der Waals surface area contributed by atoms with E-state index in [9.17, 15) is 4.79 Å². The number of aromatic nitrogens is 2. The van der Waals surface area contributed by atoms with E-state index in [0.717, 1.165) is 17.8 Å². The SMILES string of the molecule is C[C@H](NC(=O)[C@@H]1CNC[C@H]1c1ccc(Cl)nc1)c1ccccn1. The molecule has 3 heterocycles. The Morgan fingerprint density at radius 2 is 2.17 bits per heavy atom. The van der Waals surface area contributed by atoms with E-state index in [4.69, 9.17) is 11.6 Å². The molecular formula is C17H19ClN4O. The van der Waals surface area contributed by atoms with Crippen LogP contribution in [0.25, 0.3) is 0 Å². The van der Waals surface area contributed by atoms with E-state index in [1.54, 1.807) is 18.5 Å². The van der Waals surface area contributed by atoms with Crippen molar-refractivity contribution in [1.82, 2.24) is 20.6 Å².